The van der Waals surface area contributed by atoms with Crippen molar-refractivity contribution in [3.05, 3.63) is 23.4 Å². The van der Waals surface area contributed by atoms with E-state index in [-0.39, 0.29) is 0 Å². The van der Waals surface area contributed by atoms with Gasteiger partial charge in [-0.1, -0.05) is 32.5 Å². The van der Waals surface area contributed by atoms with Gasteiger partial charge in [0.25, 0.3) is 0 Å². The molecule has 3 nitrogen and oxygen atoms in total. The van der Waals surface area contributed by atoms with E-state index in [2.05, 4.69) is 31.1 Å². The van der Waals surface area contributed by atoms with E-state index >= 15 is 0 Å². The van der Waals surface area contributed by atoms with Crippen molar-refractivity contribution in [1.82, 2.24) is 4.98 Å². The van der Waals surface area contributed by atoms with Crippen molar-refractivity contribution in [2.24, 2.45) is 11.7 Å². The molecule has 17 heavy (non-hydrogen) atoms. The smallest absolute Gasteiger partial charge is 0.127 e. The highest BCUT2D eigenvalue weighted by molar-refractivity contribution is 7.80. The van der Waals surface area contributed by atoms with E-state index < -0.39 is 0 Å². The molecule has 1 heterocycles. The standard InChI is InChI=1S/C13H21N3S/c1-5-8(2)10(4)16-12-7-11(13(14)17)6-9(3)15-12/h6-8,10H,5H2,1-4H3,(H2,14,17)(H,15,16). The molecule has 1 aromatic rings. The molecule has 0 bridgehead atoms. The lowest BCUT2D eigenvalue weighted by Gasteiger charge is -2.21. The fourth-order valence-electron chi connectivity index (χ4n) is 1.61. The molecular weight excluding hydrogens is 230 g/mol. The highest BCUT2D eigenvalue weighted by Gasteiger charge is 2.11. The first-order valence-electron chi connectivity index (χ1n) is 5.99. The lowest BCUT2D eigenvalue weighted by Crippen LogP contribution is -2.24. The summed E-state index contributed by atoms with van der Waals surface area (Å²) >= 11 is 4.99. The number of thiocarbonyl (C=S) groups is 1. The number of rotatable bonds is 5. The molecule has 1 aromatic heterocycles. The van der Waals surface area contributed by atoms with E-state index in [1.807, 2.05) is 19.1 Å². The number of pyridine rings is 1. The van der Waals surface area contributed by atoms with Crippen LogP contribution in [-0.4, -0.2) is 16.0 Å². The number of aryl methyl sites for hydroxylation is 1. The number of hydrogen-bond acceptors (Lipinski definition) is 3. The van der Waals surface area contributed by atoms with Gasteiger partial charge in [-0.25, -0.2) is 4.98 Å². The van der Waals surface area contributed by atoms with E-state index in [1.54, 1.807) is 0 Å². The second-order valence-corrected chi connectivity index (χ2v) is 5.01. The van der Waals surface area contributed by atoms with Crippen molar-refractivity contribution < 1.29 is 0 Å². The van der Waals surface area contributed by atoms with Crippen LogP contribution in [0.15, 0.2) is 12.1 Å². The van der Waals surface area contributed by atoms with Crippen LogP contribution in [0.5, 0.6) is 0 Å². The average Bonchev–Trinajstić information content (AvgIpc) is 2.26. The number of nitrogens with one attached hydrogen (secondary N) is 1. The highest BCUT2D eigenvalue weighted by Crippen LogP contribution is 2.15. The molecule has 0 spiro atoms. The third-order valence-corrected chi connectivity index (χ3v) is 3.35. The maximum absolute atomic E-state index is 5.64. The maximum Gasteiger partial charge on any atom is 0.127 e. The summed E-state index contributed by atoms with van der Waals surface area (Å²) in [7, 11) is 0. The zero-order valence-electron chi connectivity index (χ0n) is 10.9. The second kappa shape index (κ2) is 5.96. The normalized spacial score (nSPS) is 14.1. The first-order chi connectivity index (χ1) is 7.93. The molecule has 94 valence electrons. The van der Waals surface area contributed by atoms with Gasteiger partial charge in [0.2, 0.25) is 0 Å². The van der Waals surface area contributed by atoms with Crippen LogP contribution in [0.3, 0.4) is 0 Å². The number of hydrogen-bond donors (Lipinski definition) is 2. The highest BCUT2D eigenvalue weighted by atomic mass is 32.1. The van der Waals surface area contributed by atoms with Crippen LogP contribution in [0.1, 0.15) is 38.4 Å². The monoisotopic (exact) mass is 251 g/mol. The summed E-state index contributed by atoms with van der Waals surface area (Å²) in [6, 6.07) is 4.20. The number of anilines is 1. The minimum absolute atomic E-state index is 0.383. The predicted molar refractivity (Wildman–Crippen MR) is 77.4 cm³/mol. The zero-order chi connectivity index (χ0) is 13.0. The molecule has 2 unspecified atom stereocenters. The van der Waals surface area contributed by atoms with E-state index in [0.717, 1.165) is 23.5 Å². The fourth-order valence-corrected chi connectivity index (χ4v) is 1.73. The minimum Gasteiger partial charge on any atom is -0.389 e. The molecule has 0 aliphatic rings. The van der Waals surface area contributed by atoms with Gasteiger partial charge in [-0.3, -0.25) is 0 Å². The van der Waals surface area contributed by atoms with Crippen LogP contribution in [0.4, 0.5) is 5.82 Å². The van der Waals surface area contributed by atoms with Crippen LogP contribution in [0.2, 0.25) is 0 Å². The summed E-state index contributed by atoms with van der Waals surface area (Å²) in [5, 5.41) is 3.40. The third-order valence-electron chi connectivity index (χ3n) is 3.11. The van der Waals surface area contributed by atoms with E-state index in [4.69, 9.17) is 18.0 Å². The van der Waals surface area contributed by atoms with E-state index in [0.29, 0.717) is 16.9 Å². The van der Waals surface area contributed by atoms with Crippen molar-refractivity contribution in [1.29, 1.82) is 0 Å². The molecular formula is C13H21N3S. The number of nitrogens with two attached hydrogens (primary N) is 1. The van der Waals surface area contributed by atoms with Crippen LogP contribution in [-0.2, 0) is 0 Å². The summed E-state index contributed by atoms with van der Waals surface area (Å²) in [5.74, 6) is 1.45. The first kappa shape index (κ1) is 13.9. The molecule has 0 aliphatic carbocycles. The van der Waals surface area contributed by atoms with Crippen LogP contribution >= 0.6 is 12.2 Å². The summed E-state index contributed by atoms with van der Waals surface area (Å²) in [6.45, 7) is 8.52. The quantitative estimate of drug-likeness (QED) is 0.790. The van der Waals surface area contributed by atoms with Crippen molar-refractivity contribution in [3.63, 3.8) is 0 Å². The van der Waals surface area contributed by atoms with Gasteiger partial charge in [-0.2, -0.15) is 0 Å². The van der Waals surface area contributed by atoms with E-state index in [9.17, 15) is 0 Å². The van der Waals surface area contributed by atoms with Crippen molar-refractivity contribution in [2.75, 3.05) is 5.32 Å². The van der Waals surface area contributed by atoms with Gasteiger partial charge in [0, 0.05) is 17.3 Å². The number of nitrogens with zero attached hydrogens (tertiary/aromatic N) is 1. The summed E-state index contributed by atoms with van der Waals surface area (Å²) in [5.41, 5.74) is 7.44. The Morgan fingerprint density at radius 2 is 2.12 bits per heavy atom. The molecule has 2 atom stereocenters. The lowest BCUT2D eigenvalue weighted by molar-refractivity contribution is 0.493. The lowest BCUT2D eigenvalue weighted by atomic mass is 10.0. The van der Waals surface area contributed by atoms with Gasteiger partial charge in [-0.15, -0.1) is 0 Å². The van der Waals surface area contributed by atoms with E-state index in [1.165, 1.54) is 0 Å². The van der Waals surface area contributed by atoms with Gasteiger partial charge in [0.1, 0.15) is 10.8 Å². The molecule has 3 N–H and O–H groups in total. The van der Waals surface area contributed by atoms with Crippen molar-refractivity contribution in [3.8, 4) is 0 Å². The molecule has 0 radical (unpaired) electrons. The molecule has 0 saturated carbocycles. The Hall–Kier alpha value is -1.16. The zero-order valence-corrected chi connectivity index (χ0v) is 11.8. The fraction of sp³-hybridized carbons (Fsp3) is 0.538. The summed E-state index contributed by atoms with van der Waals surface area (Å²) in [4.78, 5) is 4.86. The van der Waals surface area contributed by atoms with Crippen LogP contribution in [0.25, 0.3) is 0 Å². The topological polar surface area (TPSA) is 50.9 Å². The van der Waals surface area contributed by atoms with Gasteiger partial charge in [0.05, 0.1) is 0 Å². The first-order valence-corrected chi connectivity index (χ1v) is 6.40. The van der Waals surface area contributed by atoms with Crippen LogP contribution < -0.4 is 11.1 Å². The Bertz CT molecular complexity index is 404. The molecule has 0 fully saturated rings. The minimum atomic E-state index is 0.383. The summed E-state index contributed by atoms with van der Waals surface area (Å²) in [6.07, 6.45) is 1.14. The summed E-state index contributed by atoms with van der Waals surface area (Å²) < 4.78 is 0. The van der Waals surface area contributed by atoms with Gasteiger partial charge in [0.15, 0.2) is 0 Å². The maximum atomic E-state index is 5.64. The Kier molecular flexibility index (Phi) is 4.87. The Morgan fingerprint density at radius 1 is 1.47 bits per heavy atom. The molecule has 4 heteroatoms. The average molecular weight is 251 g/mol. The predicted octanol–water partition coefficient (Wildman–Crippen LogP) is 2.87. The van der Waals surface area contributed by atoms with Crippen molar-refractivity contribution in [2.45, 2.75) is 40.2 Å². The van der Waals surface area contributed by atoms with Crippen molar-refractivity contribution >= 4 is 23.0 Å². The molecule has 0 aliphatic heterocycles. The Labute approximate surface area is 109 Å². The SMILES string of the molecule is CCC(C)C(C)Nc1cc(C(N)=S)cc(C)n1. The second-order valence-electron chi connectivity index (χ2n) is 4.57. The Balaban J connectivity index is 2.87. The van der Waals surface area contributed by atoms with Crippen LogP contribution in [0, 0.1) is 12.8 Å². The van der Waals surface area contributed by atoms with Gasteiger partial charge in [-0.05, 0) is 31.9 Å². The third kappa shape index (κ3) is 3.97. The molecule has 1 rings (SSSR count). The largest absolute Gasteiger partial charge is 0.389 e. The molecule has 0 saturated heterocycles. The molecule has 0 aromatic carbocycles. The molecule has 0 amide bonds. The van der Waals surface area contributed by atoms with Gasteiger partial charge < -0.3 is 11.1 Å². The number of aromatic nitrogens is 1. The van der Waals surface area contributed by atoms with Gasteiger partial charge >= 0.3 is 0 Å². The Morgan fingerprint density at radius 3 is 2.65 bits per heavy atom.